The number of aliphatic hydroxyl groups excluding tert-OH is 1. The van der Waals surface area contributed by atoms with Gasteiger partial charge < -0.3 is 20.3 Å². The number of rotatable bonds is 3. The molecule has 1 aliphatic heterocycles. The lowest BCUT2D eigenvalue weighted by Gasteiger charge is -2.29. The van der Waals surface area contributed by atoms with Crippen molar-refractivity contribution in [2.45, 2.75) is 43.9 Å². The topological polar surface area (TPSA) is 85.4 Å². The zero-order valence-electron chi connectivity index (χ0n) is 14.5. The maximum Gasteiger partial charge on any atom is 0.257 e. The van der Waals surface area contributed by atoms with Crippen molar-refractivity contribution in [3.05, 3.63) is 36.0 Å². The standard InChI is InChI=1S/C19H23N3O3S/c23-13-7-5-12(6-8-13)21-18(24)17-10-26-11-22(17)19(25)15-9-20-16-4-2-1-3-14(15)16/h1-4,9,12-13,17,20,23H,5-8,10-11H2,(H,21,24). The molecule has 0 bridgehead atoms. The predicted octanol–water partition coefficient (Wildman–Crippen LogP) is 2.10. The summed E-state index contributed by atoms with van der Waals surface area (Å²) in [5.41, 5.74) is 1.53. The van der Waals surface area contributed by atoms with Crippen LogP contribution >= 0.6 is 11.8 Å². The van der Waals surface area contributed by atoms with Crippen molar-refractivity contribution in [3.63, 3.8) is 0 Å². The summed E-state index contributed by atoms with van der Waals surface area (Å²) < 4.78 is 0. The maximum absolute atomic E-state index is 13.1. The second-order valence-electron chi connectivity index (χ2n) is 7.05. The third-order valence-corrected chi connectivity index (χ3v) is 6.32. The quantitative estimate of drug-likeness (QED) is 0.769. The minimum absolute atomic E-state index is 0.0791. The van der Waals surface area contributed by atoms with Crippen LogP contribution in [0.5, 0.6) is 0 Å². The van der Waals surface area contributed by atoms with Gasteiger partial charge in [0.2, 0.25) is 5.91 Å². The molecule has 2 heterocycles. The van der Waals surface area contributed by atoms with E-state index in [1.165, 1.54) is 0 Å². The highest BCUT2D eigenvalue weighted by Crippen LogP contribution is 2.27. The number of hydrogen-bond acceptors (Lipinski definition) is 4. The Morgan fingerprint density at radius 2 is 1.96 bits per heavy atom. The molecule has 2 aliphatic rings. The SMILES string of the molecule is O=C(NC1CCC(O)CC1)C1CSCN1C(=O)c1c[nH]c2ccccc12. The van der Waals surface area contributed by atoms with Crippen LogP contribution in [0.3, 0.4) is 0 Å². The molecule has 1 aliphatic carbocycles. The number of hydrogen-bond donors (Lipinski definition) is 3. The summed E-state index contributed by atoms with van der Waals surface area (Å²) in [6, 6.07) is 7.36. The Labute approximate surface area is 156 Å². The van der Waals surface area contributed by atoms with Crippen LogP contribution < -0.4 is 5.32 Å². The lowest BCUT2D eigenvalue weighted by Crippen LogP contribution is -2.50. The first kappa shape index (κ1) is 17.4. The smallest absolute Gasteiger partial charge is 0.257 e. The average Bonchev–Trinajstić information content (AvgIpc) is 3.30. The van der Waals surface area contributed by atoms with E-state index in [1.54, 1.807) is 22.9 Å². The number of aliphatic hydroxyl groups is 1. The third-order valence-electron chi connectivity index (χ3n) is 5.31. The fourth-order valence-corrected chi connectivity index (χ4v) is 4.93. The Kier molecular flexibility index (Phi) is 4.91. The number of amides is 2. The van der Waals surface area contributed by atoms with Gasteiger partial charge in [-0.15, -0.1) is 11.8 Å². The van der Waals surface area contributed by atoms with E-state index in [4.69, 9.17) is 0 Å². The number of fused-ring (bicyclic) bond motifs is 1. The number of aromatic nitrogens is 1. The van der Waals surface area contributed by atoms with Crippen molar-refractivity contribution in [3.8, 4) is 0 Å². The van der Waals surface area contributed by atoms with Gasteiger partial charge in [-0.3, -0.25) is 9.59 Å². The van der Waals surface area contributed by atoms with Gasteiger partial charge >= 0.3 is 0 Å². The van der Waals surface area contributed by atoms with E-state index in [-0.39, 0.29) is 24.0 Å². The largest absolute Gasteiger partial charge is 0.393 e. The second-order valence-corrected chi connectivity index (χ2v) is 8.05. The van der Waals surface area contributed by atoms with E-state index >= 15 is 0 Å². The maximum atomic E-state index is 13.1. The van der Waals surface area contributed by atoms with Crippen molar-refractivity contribution >= 4 is 34.5 Å². The van der Waals surface area contributed by atoms with Crippen LogP contribution in [-0.4, -0.2) is 56.6 Å². The number of thioether (sulfide) groups is 1. The van der Waals surface area contributed by atoms with Crippen LogP contribution in [0.2, 0.25) is 0 Å². The molecule has 1 atom stereocenters. The summed E-state index contributed by atoms with van der Waals surface area (Å²) >= 11 is 1.61. The highest BCUT2D eigenvalue weighted by Gasteiger charge is 2.36. The number of carbonyl (C=O) groups excluding carboxylic acids is 2. The van der Waals surface area contributed by atoms with Gasteiger partial charge in [0.05, 0.1) is 17.5 Å². The van der Waals surface area contributed by atoms with E-state index in [2.05, 4.69) is 10.3 Å². The van der Waals surface area contributed by atoms with Crippen LogP contribution in [0.1, 0.15) is 36.0 Å². The van der Waals surface area contributed by atoms with E-state index in [0.29, 0.717) is 17.2 Å². The van der Waals surface area contributed by atoms with Gasteiger partial charge in [0.15, 0.2) is 0 Å². The zero-order valence-corrected chi connectivity index (χ0v) is 15.3. The molecule has 1 unspecified atom stereocenters. The predicted molar refractivity (Wildman–Crippen MR) is 102 cm³/mol. The molecule has 0 spiro atoms. The first-order valence-electron chi connectivity index (χ1n) is 9.07. The van der Waals surface area contributed by atoms with Gasteiger partial charge in [-0.05, 0) is 31.7 Å². The molecule has 138 valence electrons. The Bertz CT molecular complexity index is 813. The number of carbonyl (C=O) groups is 2. The van der Waals surface area contributed by atoms with Gasteiger partial charge in [0.1, 0.15) is 6.04 Å². The molecule has 2 aromatic rings. The molecule has 0 radical (unpaired) electrons. The van der Waals surface area contributed by atoms with Crippen molar-refractivity contribution in [2.24, 2.45) is 0 Å². The molecule has 26 heavy (non-hydrogen) atoms. The molecule has 7 heteroatoms. The summed E-state index contributed by atoms with van der Waals surface area (Å²) in [4.78, 5) is 30.6. The Balaban J connectivity index is 1.47. The minimum Gasteiger partial charge on any atom is -0.393 e. The molecule has 1 saturated heterocycles. The molecular formula is C19H23N3O3S. The van der Waals surface area contributed by atoms with Crippen molar-refractivity contribution in [2.75, 3.05) is 11.6 Å². The number of H-pyrrole nitrogens is 1. The lowest BCUT2D eigenvalue weighted by atomic mass is 9.93. The zero-order chi connectivity index (χ0) is 18.1. The molecule has 1 saturated carbocycles. The summed E-state index contributed by atoms with van der Waals surface area (Å²) in [6.45, 7) is 0. The molecule has 1 aromatic heterocycles. The fraction of sp³-hybridized carbons (Fsp3) is 0.474. The number of benzene rings is 1. The molecule has 3 N–H and O–H groups in total. The monoisotopic (exact) mass is 373 g/mol. The molecule has 6 nitrogen and oxygen atoms in total. The summed E-state index contributed by atoms with van der Waals surface area (Å²) in [5, 5.41) is 13.6. The molecule has 4 rings (SSSR count). The summed E-state index contributed by atoms with van der Waals surface area (Å²) in [6.07, 6.45) is 4.52. The number of aromatic amines is 1. The van der Waals surface area contributed by atoms with E-state index in [0.717, 1.165) is 36.6 Å². The Morgan fingerprint density at radius 3 is 2.77 bits per heavy atom. The Morgan fingerprint density at radius 1 is 1.19 bits per heavy atom. The van der Waals surface area contributed by atoms with Gasteiger partial charge in [0, 0.05) is 28.9 Å². The second kappa shape index (κ2) is 7.32. The lowest BCUT2D eigenvalue weighted by molar-refractivity contribution is -0.125. The normalized spacial score (nSPS) is 26.2. The van der Waals surface area contributed by atoms with Crippen molar-refractivity contribution < 1.29 is 14.7 Å². The summed E-state index contributed by atoms with van der Waals surface area (Å²) in [5.74, 6) is 0.964. The van der Waals surface area contributed by atoms with Gasteiger partial charge in [-0.1, -0.05) is 18.2 Å². The van der Waals surface area contributed by atoms with Gasteiger partial charge in [-0.2, -0.15) is 0 Å². The van der Waals surface area contributed by atoms with E-state index in [1.807, 2.05) is 24.3 Å². The third kappa shape index (κ3) is 3.33. The number of nitrogens with one attached hydrogen (secondary N) is 2. The molecular weight excluding hydrogens is 350 g/mol. The van der Waals surface area contributed by atoms with E-state index < -0.39 is 6.04 Å². The molecule has 2 fully saturated rings. The minimum atomic E-state index is -0.437. The Hall–Kier alpha value is -1.99. The average molecular weight is 373 g/mol. The van der Waals surface area contributed by atoms with Crippen LogP contribution in [0.15, 0.2) is 30.5 Å². The fourth-order valence-electron chi connectivity index (χ4n) is 3.78. The number of nitrogens with zero attached hydrogens (tertiary/aromatic N) is 1. The van der Waals surface area contributed by atoms with Crippen molar-refractivity contribution in [1.82, 2.24) is 15.2 Å². The molecule has 1 aromatic carbocycles. The highest BCUT2D eigenvalue weighted by molar-refractivity contribution is 7.99. The van der Waals surface area contributed by atoms with Crippen LogP contribution in [0.25, 0.3) is 10.9 Å². The van der Waals surface area contributed by atoms with Crippen LogP contribution in [-0.2, 0) is 4.79 Å². The first-order chi connectivity index (χ1) is 12.6. The van der Waals surface area contributed by atoms with Crippen LogP contribution in [0, 0.1) is 0 Å². The first-order valence-corrected chi connectivity index (χ1v) is 10.2. The van der Waals surface area contributed by atoms with Crippen LogP contribution in [0.4, 0.5) is 0 Å². The van der Waals surface area contributed by atoms with Gasteiger partial charge in [-0.25, -0.2) is 0 Å². The number of para-hydroxylation sites is 1. The molecule has 2 amide bonds. The summed E-state index contributed by atoms with van der Waals surface area (Å²) in [7, 11) is 0. The van der Waals surface area contributed by atoms with Gasteiger partial charge in [0.25, 0.3) is 5.91 Å². The van der Waals surface area contributed by atoms with E-state index in [9.17, 15) is 14.7 Å². The highest BCUT2D eigenvalue weighted by atomic mass is 32.2. The van der Waals surface area contributed by atoms with Crippen molar-refractivity contribution in [1.29, 1.82) is 0 Å².